The van der Waals surface area contributed by atoms with Crippen molar-refractivity contribution in [3.8, 4) is 6.07 Å². The Hall–Kier alpha value is -0.0800. The summed E-state index contributed by atoms with van der Waals surface area (Å²) in [5.41, 5.74) is 0.957. The van der Waals surface area contributed by atoms with Gasteiger partial charge in [0.05, 0.1) is 11.5 Å². The van der Waals surface area contributed by atoms with Gasteiger partial charge in [0, 0.05) is 8.40 Å². The summed E-state index contributed by atoms with van der Waals surface area (Å²) in [5.74, 6) is 0. The van der Waals surface area contributed by atoms with E-state index in [0.29, 0.717) is 3.92 Å². The van der Waals surface area contributed by atoms with Crippen LogP contribution in [0.25, 0.3) is 0 Å². The third-order valence-corrected chi connectivity index (χ3v) is 4.47. The lowest BCUT2D eigenvalue weighted by Gasteiger charge is -2.06. The number of benzene rings is 1. The second-order valence-electron chi connectivity index (χ2n) is 3.26. The first kappa shape index (κ1) is 9.47. The summed E-state index contributed by atoms with van der Waals surface area (Å²) in [5, 5.41) is 9.08. The lowest BCUT2D eigenvalue weighted by molar-refractivity contribution is 0.918. The molecule has 2 unspecified atom stereocenters. The van der Waals surface area contributed by atoms with Crippen molar-refractivity contribution in [1.82, 2.24) is 0 Å². The molecule has 0 aromatic heterocycles. The standard InChI is InChI=1S/C10H7BrIN/c11-8-3-1-7(2-4-8)10(6-13)5-9(10)12/h1-4,9H,5H2. The van der Waals surface area contributed by atoms with Crippen molar-refractivity contribution in [1.29, 1.82) is 5.26 Å². The van der Waals surface area contributed by atoms with Gasteiger partial charge in [-0.15, -0.1) is 0 Å². The lowest BCUT2D eigenvalue weighted by atomic mass is 9.98. The topological polar surface area (TPSA) is 23.8 Å². The van der Waals surface area contributed by atoms with Crippen LogP contribution in [0.15, 0.2) is 28.7 Å². The minimum atomic E-state index is -0.193. The minimum absolute atomic E-state index is 0.193. The minimum Gasteiger partial charge on any atom is -0.197 e. The largest absolute Gasteiger partial charge is 0.197 e. The van der Waals surface area contributed by atoms with E-state index in [2.05, 4.69) is 44.6 Å². The van der Waals surface area contributed by atoms with Crippen molar-refractivity contribution in [3.63, 3.8) is 0 Å². The van der Waals surface area contributed by atoms with E-state index in [-0.39, 0.29) is 5.41 Å². The van der Waals surface area contributed by atoms with Crippen molar-refractivity contribution in [2.45, 2.75) is 15.8 Å². The molecule has 0 N–H and O–H groups in total. The maximum absolute atomic E-state index is 9.08. The molecule has 2 atom stereocenters. The van der Waals surface area contributed by atoms with E-state index in [1.807, 2.05) is 24.3 Å². The molecule has 0 heterocycles. The molecule has 0 aliphatic heterocycles. The van der Waals surface area contributed by atoms with E-state index >= 15 is 0 Å². The highest BCUT2D eigenvalue weighted by Crippen LogP contribution is 2.53. The van der Waals surface area contributed by atoms with Crippen molar-refractivity contribution in [3.05, 3.63) is 34.3 Å². The number of nitrogens with zero attached hydrogens (tertiary/aromatic N) is 1. The van der Waals surface area contributed by atoms with E-state index < -0.39 is 0 Å². The van der Waals surface area contributed by atoms with Gasteiger partial charge in [-0.3, -0.25) is 0 Å². The molecular formula is C10H7BrIN. The van der Waals surface area contributed by atoms with Crippen LogP contribution in [0, 0.1) is 11.3 Å². The Kier molecular flexibility index (Phi) is 2.37. The Morgan fingerprint density at radius 1 is 1.46 bits per heavy atom. The fourth-order valence-electron chi connectivity index (χ4n) is 1.45. The lowest BCUT2D eigenvalue weighted by Crippen LogP contribution is -2.05. The summed E-state index contributed by atoms with van der Waals surface area (Å²) in [6, 6.07) is 10.5. The second-order valence-corrected chi connectivity index (χ2v) is 5.68. The molecule has 1 aliphatic carbocycles. The van der Waals surface area contributed by atoms with Gasteiger partial charge >= 0.3 is 0 Å². The molecule has 0 saturated heterocycles. The molecule has 1 nitrogen and oxygen atoms in total. The third-order valence-electron chi connectivity index (χ3n) is 2.43. The maximum Gasteiger partial charge on any atom is 0.0950 e. The van der Waals surface area contributed by atoms with E-state index in [9.17, 15) is 0 Å². The van der Waals surface area contributed by atoms with Crippen LogP contribution in [0.4, 0.5) is 0 Å². The molecule has 1 aromatic rings. The van der Waals surface area contributed by atoms with Crippen molar-refractivity contribution in [2.24, 2.45) is 0 Å². The van der Waals surface area contributed by atoms with Gasteiger partial charge in [0.15, 0.2) is 0 Å². The van der Waals surface area contributed by atoms with Gasteiger partial charge in [0.25, 0.3) is 0 Å². The number of rotatable bonds is 1. The smallest absolute Gasteiger partial charge is 0.0950 e. The van der Waals surface area contributed by atoms with E-state index in [4.69, 9.17) is 5.26 Å². The number of hydrogen-bond acceptors (Lipinski definition) is 1. The van der Waals surface area contributed by atoms with Gasteiger partial charge in [-0.2, -0.15) is 5.26 Å². The molecule has 1 fully saturated rings. The zero-order valence-corrected chi connectivity index (χ0v) is 10.5. The van der Waals surface area contributed by atoms with Gasteiger partial charge in [-0.05, 0) is 24.1 Å². The number of halogens is 2. The summed E-state index contributed by atoms with van der Waals surface area (Å²) < 4.78 is 1.55. The maximum atomic E-state index is 9.08. The Balaban J connectivity index is 2.38. The number of hydrogen-bond donors (Lipinski definition) is 0. The Labute approximate surface area is 99.4 Å². The number of alkyl halides is 1. The molecule has 0 amide bonds. The van der Waals surface area contributed by atoms with Gasteiger partial charge in [0.1, 0.15) is 0 Å². The predicted molar refractivity (Wildman–Crippen MR) is 63.9 cm³/mol. The first-order valence-corrected chi connectivity index (χ1v) is 6.04. The average Bonchev–Trinajstić information content (AvgIpc) is 2.79. The molecule has 3 heteroatoms. The summed E-state index contributed by atoms with van der Waals surface area (Å²) in [4.78, 5) is 0. The summed E-state index contributed by atoms with van der Waals surface area (Å²) in [6.45, 7) is 0. The van der Waals surface area contributed by atoms with E-state index in [1.54, 1.807) is 0 Å². The van der Waals surface area contributed by atoms with Crippen LogP contribution in [-0.2, 0) is 5.41 Å². The highest BCUT2D eigenvalue weighted by atomic mass is 127. The summed E-state index contributed by atoms with van der Waals surface area (Å²) in [7, 11) is 0. The fraction of sp³-hybridized carbons (Fsp3) is 0.300. The summed E-state index contributed by atoms with van der Waals surface area (Å²) >= 11 is 5.73. The van der Waals surface area contributed by atoms with Crippen LogP contribution >= 0.6 is 38.5 Å². The van der Waals surface area contributed by atoms with Crippen LogP contribution in [-0.4, -0.2) is 3.92 Å². The van der Waals surface area contributed by atoms with Crippen molar-refractivity contribution >= 4 is 38.5 Å². The first-order valence-electron chi connectivity index (χ1n) is 4.00. The molecule has 2 rings (SSSR count). The second kappa shape index (κ2) is 3.25. The predicted octanol–water partition coefficient (Wildman–Crippen LogP) is 3.42. The van der Waals surface area contributed by atoms with Gasteiger partial charge in [0.2, 0.25) is 0 Å². The highest BCUT2D eigenvalue weighted by Gasteiger charge is 2.54. The number of nitriles is 1. The third kappa shape index (κ3) is 1.50. The Bertz CT molecular complexity index is 368. The fourth-order valence-corrected chi connectivity index (χ4v) is 2.91. The zero-order chi connectivity index (χ0) is 9.47. The molecule has 1 aliphatic rings. The average molecular weight is 348 g/mol. The molecule has 0 radical (unpaired) electrons. The molecule has 0 spiro atoms. The Morgan fingerprint density at radius 2 is 2.00 bits per heavy atom. The van der Waals surface area contributed by atoms with Crippen LogP contribution in [0.1, 0.15) is 12.0 Å². The molecule has 1 aromatic carbocycles. The highest BCUT2D eigenvalue weighted by molar-refractivity contribution is 14.1. The first-order chi connectivity index (χ1) is 6.19. The molecule has 1 saturated carbocycles. The van der Waals surface area contributed by atoms with Crippen molar-refractivity contribution < 1.29 is 0 Å². The van der Waals surface area contributed by atoms with Gasteiger partial charge in [-0.25, -0.2) is 0 Å². The molecule has 0 bridgehead atoms. The van der Waals surface area contributed by atoms with E-state index in [0.717, 1.165) is 16.5 Å². The van der Waals surface area contributed by atoms with E-state index in [1.165, 1.54) is 0 Å². The van der Waals surface area contributed by atoms with Crippen molar-refractivity contribution in [2.75, 3.05) is 0 Å². The Morgan fingerprint density at radius 3 is 2.38 bits per heavy atom. The van der Waals surface area contributed by atoms with Crippen LogP contribution in [0.3, 0.4) is 0 Å². The SMILES string of the molecule is N#CC1(c2ccc(Br)cc2)CC1I. The van der Waals surface area contributed by atoms with Gasteiger partial charge in [-0.1, -0.05) is 50.7 Å². The summed E-state index contributed by atoms with van der Waals surface area (Å²) in [6.07, 6.45) is 0.992. The van der Waals surface area contributed by atoms with Gasteiger partial charge < -0.3 is 0 Å². The molecular weight excluding hydrogens is 341 g/mol. The quantitative estimate of drug-likeness (QED) is 0.564. The normalized spacial score (nSPS) is 31.0. The van der Waals surface area contributed by atoms with Crippen LogP contribution in [0.2, 0.25) is 0 Å². The van der Waals surface area contributed by atoms with Crippen LogP contribution < -0.4 is 0 Å². The molecule has 13 heavy (non-hydrogen) atoms. The monoisotopic (exact) mass is 347 g/mol. The zero-order valence-electron chi connectivity index (χ0n) is 6.80. The molecule has 66 valence electrons. The van der Waals surface area contributed by atoms with Crippen LogP contribution in [0.5, 0.6) is 0 Å².